The lowest BCUT2D eigenvalue weighted by Gasteiger charge is -2.27. The number of anilines is 3. The number of benzene rings is 2. The van der Waals surface area contributed by atoms with Crippen molar-refractivity contribution in [1.29, 1.82) is 0 Å². The Labute approximate surface area is 182 Å². The van der Waals surface area contributed by atoms with E-state index in [2.05, 4.69) is 15.7 Å². The van der Waals surface area contributed by atoms with Gasteiger partial charge >= 0.3 is 0 Å². The Hall–Kier alpha value is -3.39. The average Bonchev–Trinajstić information content (AvgIpc) is 2.78. The monoisotopic (exact) mass is 423 g/mol. The van der Waals surface area contributed by atoms with E-state index in [1.807, 2.05) is 55.5 Å². The van der Waals surface area contributed by atoms with Gasteiger partial charge in [-0.15, -0.1) is 0 Å². The molecule has 1 saturated heterocycles. The summed E-state index contributed by atoms with van der Waals surface area (Å²) in [6, 6.07) is 14.4. The van der Waals surface area contributed by atoms with E-state index in [9.17, 15) is 9.59 Å². The predicted octanol–water partition coefficient (Wildman–Crippen LogP) is 3.74. The summed E-state index contributed by atoms with van der Waals surface area (Å²) >= 11 is 0. The van der Waals surface area contributed by atoms with Crippen LogP contribution in [0.2, 0.25) is 0 Å². The molecule has 4 N–H and O–H groups in total. The quantitative estimate of drug-likeness (QED) is 0.363. The van der Waals surface area contributed by atoms with Crippen molar-refractivity contribution in [3.05, 3.63) is 54.1 Å². The minimum absolute atomic E-state index is 0.125. The topological polar surface area (TPSA) is 106 Å². The van der Waals surface area contributed by atoms with Crippen LogP contribution in [0.15, 0.2) is 53.6 Å². The summed E-state index contributed by atoms with van der Waals surface area (Å²) in [6.07, 6.45) is 5.54. The molecule has 1 aliphatic heterocycles. The van der Waals surface area contributed by atoms with Gasteiger partial charge in [0.25, 0.3) is 0 Å². The molecule has 8 heteroatoms. The van der Waals surface area contributed by atoms with Gasteiger partial charge in [0.05, 0.1) is 6.21 Å². The highest BCUT2D eigenvalue weighted by molar-refractivity contribution is 5.97. The largest absolute Gasteiger partial charge is 0.374 e. The Bertz CT molecular complexity index is 914. The number of nitrogens with zero attached hydrogens (tertiary/aromatic N) is 2. The van der Waals surface area contributed by atoms with Crippen molar-refractivity contribution in [2.75, 3.05) is 22.1 Å². The molecule has 8 nitrogen and oxygen atoms in total. The molecule has 3 rings (SSSR count). The van der Waals surface area contributed by atoms with Gasteiger partial charge in [-0.25, -0.2) is 0 Å². The summed E-state index contributed by atoms with van der Waals surface area (Å²) in [5.41, 5.74) is 4.86. The van der Waals surface area contributed by atoms with Crippen molar-refractivity contribution in [3.8, 4) is 0 Å². The first-order chi connectivity index (χ1) is 15.1. The van der Waals surface area contributed by atoms with E-state index in [1.54, 1.807) is 10.5 Å². The number of hydrogen-bond acceptors (Lipinski definition) is 6. The first kappa shape index (κ1) is 22.3. The molecule has 0 saturated carbocycles. The lowest BCUT2D eigenvalue weighted by atomic mass is 10.1. The molecule has 2 aromatic rings. The molecule has 2 amide bonds. The van der Waals surface area contributed by atoms with Crippen LogP contribution in [0.4, 0.5) is 17.1 Å². The van der Waals surface area contributed by atoms with Crippen molar-refractivity contribution < 1.29 is 14.8 Å². The first-order valence-corrected chi connectivity index (χ1v) is 10.6. The third-order valence-electron chi connectivity index (χ3n) is 5.16. The highest BCUT2D eigenvalue weighted by Crippen LogP contribution is 2.23. The average molecular weight is 424 g/mol. The van der Waals surface area contributed by atoms with Crippen molar-refractivity contribution in [2.24, 2.45) is 5.10 Å². The second kappa shape index (κ2) is 11.1. The summed E-state index contributed by atoms with van der Waals surface area (Å²) in [4.78, 5) is 26.8. The van der Waals surface area contributed by atoms with E-state index in [0.717, 1.165) is 42.7 Å². The Morgan fingerprint density at radius 1 is 1.19 bits per heavy atom. The van der Waals surface area contributed by atoms with Gasteiger partial charge in [0, 0.05) is 30.0 Å². The Morgan fingerprint density at radius 3 is 2.71 bits per heavy atom. The highest BCUT2D eigenvalue weighted by Gasteiger charge is 2.20. The summed E-state index contributed by atoms with van der Waals surface area (Å²) in [5.74, 6) is 0.0250. The van der Waals surface area contributed by atoms with E-state index in [1.165, 1.54) is 6.21 Å². The van der Waals surface area contributed by atoms with E-state index in [0.29, 0.717) is 18.5 Å². The lowest BCUT2D eigenvalue weighted by Crippen LogP contribution is -2.35. The molecule has 0 unspecified atom stereocenters. The summed E-state index contributed by atoms with van der Waals surface area (Å²) < 4.78 is 0. The molecule has 1 fully saturated rings. The Morgan fingerprint density at radius 2 is 2.00 bits per heavy atom. The molecule has 1 atom stereocenters. The number of hydrazone groups is 1. The molecular weight excluding hydrogens is 394 g/mol. The normalized spacial score (nSPS) is 15.0. The fourth-order valence-corrected chi connectivity index (χ4v) is 3.60. The zero-order chi connectivity index (χ0) is 22.1. The zero-order valence-electron chi connectivity index (χ0n) is 17.7. The number of carbonyl (C=O) groups is 2. The molecular formula is C23H29N5O3. The number of amides is 2. The smallest absolute Gasteiger partial charge is 0.246 e. The number of hydrogen-bond donors (Lipinski definition) is 4. The van der Waals surface area contributed by atoms with Crippen LogP contribution < -0.4 is 21.1 Å². The summed E-state index contributed by atoms with van der Waals surface area (Å²) in [5, 5.41) is 18.4. The van der Waals surface area contributed by atoms with Crippen LogP contribution in [-0.2, 0) is 9.59 Å². The molecule has 0 spiro atoms. The van der Waals surface area contributed by atoms with Gasteiger partial charge in [0.2, 0.25) is 11.8 Å². The fourth-order valence-electron chi connectivity index (χ4n) is 3.60. The molecule has 31 heavy (non-hydrogen) atoms. The van der Waals surface area contributed by atoms with Crippen LogP contribution >= 0.6 is 0 Å². The van der Waals surface area contributed by atoms with Crippen molar-refractivity contribution in [1.82, 2.24) is 5.59 Å². The third-order valence-corrected chi connectivity index (χ3v) is 5.16. The highest BCUT2D eigenvalue weighted by atomic mass is 16.5. The van der Waals surface area contributed by atoms with Crippen LogP contribution in [0.25, 0.3) is 0 Å². The first-order valence-electron chi connectivity index (χ1n) is 10.6. The summed E-state index contributed by atoms with van der Waals surface area (Å²) in [7, 11) is 0. The van der Waals surface area contributed by atoms with Crippen LogP contribution in [0.1, 0.15) is 44.6 Å². The van der Waals surface area contributed by atoms with Crippen LogP contribution in [-0.4, -0.2) is 35.8 Å². The number of rotatable bonds is 9. The molecule has 0 bridgehead atoms. The second-order valence-corrected chi connectivity index (χ2v) is 7.51. The molecule has 164 valence electrons. The standard InChI is InChI=1S/C23H29N5O3/c1-2-6-21(25-19-8-5-7-17(15-19)16-24-27-31)23(30)26-18-10-12-20(13-11-18)28-14-4-3-9-22(28)29/h5,7-8,10-13,15-16,21,25,27,31H,2-4,6,9,14H2,1H3,(H,26,30)/b24-16-/t21-/m1/s1. The van der Waals surface area contributed by atoms with Crippen molar-refractivity contribution in [3.63, 3.8) is 0 Å². The van der Waals surface area contributed by atoms with Gasteiger partial charge in [-0.2, -0.15) is 10.7 Å². The zero-order valence-corrected chi connectivity index (χ0v) is 17.7. The molecule has 0 aromatic heterocycles. The van der Waals surface area contributed by atoms with Gasteiger partial charge in [-0.1, -0.05) is 25.5 Å². The van der Waals surface area contributed by atoms with Crippen LogP contribution in [0.5, 0.6) is 0 Å². The Kier molecular flexibility index (Phi) is 8.00. The minimum atomic E-state index is -0.406. The van der Waals surface area contributed by atoms with Gasteiger partial charge < -0.3 is 15.5 Å². The van der Waals surface area contributed by atoms with Crippen molar-refractivity contribution >= 4 is 35.1 Å². The molecule has 0 radical (unpaired) electrons. The van der Waals surface area contributed by atoms with Gasteiger partial charge in [0.15, 0.2) is 0 Å². The maximum absolute atomic E-state index is 12.9. The molecule has 0 aliphatic carbocycles. The van der Waals surface area contributed by atoms with E-state index in [4.69, 9.17) is 5.21 Å². The van der Waals surface area contributed by atoms with Crippen LogP contribution in [0, 0.1) is 0 Å². The van der Waals surface area contributed by atoms with Crippen LogP contribution in [0.3, 0.4) is 0 Å². The van der Waals surface area contributed by atoms with Gasteiger partial charge in [-0.05, 0) is 61.2 Å². The molecule has 1 aliphatic rings. The SMILES string of the molecule is CCC[C@@H](Nc1cccc(/C=N\NO)c1)C(=O)Nc1ccc(N2CCCCC2=O)cc1. The number of nitrogens with one attached hydrogen (secondary N) is 3. The Balaban J connectivity index is 1.65. The maximum atomic E-state index is 12.9. The molecule has 1 heterocycles. The number of carbonyl (C=O) groups excluding carboxylic acids is 2. The minimum Gasteiger partial charge on any atom is -0.374 e. The fraction of sp³-hybridized carbons (Fsp3) is 0.348. The maximum Gasteiger partial charge on any atom is 0.246 e. The van der Waals surface area contributed by atoms with Gasteiger partial charge in [0.1, 0.15) is 6.04 Å². The van der Waals surface area contributed by atoms with Crippen molar-refractivity contribution in [2.45, 2.75) is 45.1 Å². The lowest BCUT2D eigenvalue weighted by molar-refractivity contribution is -0.119. The van der Waals surface area contributed by atoms with E-state index >= 15 is 0 Å². The predicted molar refractivity (Wildman–Crippen MR) is 123 cm³/mol. The second-order valence-electron chi connectivity index (χ2n) is 7.51. The van der Waals surface area contributed by atoms with E-state index < -0.39 is 6.04 Å². The third kappa shape index (κ3) is 6.29. The molecule has 2 aromatic carbocycles. The number of piperidine rings is 1. The summed E-state index contributed by atoms with van der Waals surface area (Å²) in [6.45, 7) is 2.77. The van der Waals surface area contributed by atoms with E-state index in [-0.39, 0.29) is 11.8 Å². The van der Waals surface area contributed by atoms with Gasteiger partial charge in [-0.3, -0.25) is 14.8 Å².